The minimum atomic E-state index is -0.158. The van der Waals surface area contributed by atoms with Gasteiger partial charge in [0.05, 0.1) is 6.10 Å². The van der Waals surface area contributed by atoms with Crippen LogP contribution in [-0.4, -0.2) is 37.2 Å². The predicted octanol–water partition coefficient (Wildman–Crippen LogP) is 1.28. The van der Waals surface area contributed by atoms with E-state index in [1.54, 1.807) is 18.8 Å². The van der Waals surface area contributed by atoms with Crippen molar-refractivity contribution in [2.75, 3.05) is 19.1 Å². The second kappa shape index (κ2) is 7.21. The van der Waals surface area contributed by atoms with Crippen LogP contribution in [0.4, 0.5) is 0 Å². The van der Waals surface area contributed by atoms with E-state index in [-0.39, 0.29) is 18.1 Å². The molecule has 0 heterocycles. The maximum absolute atomic E-state index is 11.4. The molecule has 0 spiro atoms. The fourth-order valence-electron chi connectivity index (χ4n) is 0.930. The first-order chi connectivity index (χ1) is 6.11. The van der Waals surface area contributed by atoms with Crippen LogP contribution in [0.15, 0.2) is 0 Å². The number of ether oxygens (including phenoxy) is 1. The van der Waals surface area contributed by atoms with Crippen LogP contribution in [0.25, 0.3) is 0 Å². The van der Waals surface area contributed by atoms with Gasteiger partial charge < -0.3 is 10.1 Å². The zero-order chi connectivity index (χ0) is 10.3. The zero-order valence-electron chi connectivity index (χ0n) is 8.79. The monoisotopic (exact) mass is 205 g/mol. The summed E-state index contributed by atoms with van der Waals surface area (Å²) in [5, 5.41) is 2.95. The molecule has 0 radical (unpaired) electrons. The Balaban J connectivity index is 3.84. The molecule has 0 unspecified atom stereocenters. The summed E-state index contributed by atoms with van der Waals surface area (Å²) < 4.78 is 5.09. The molecule has 0 aliphatic rings. The topological polar surface area (TPSA) is 38.3 Å². The summed E-state index contributed by atoms with van der Waals surface area (Å²) >= 11 is 1.73. The number of esters is 1. The molecule has 0 saturated heterocycles. The van der Waals surface area contributed by atoms with Crippen LogP contribution < -0.4 is 5.32 Å². The van der Waals surface area contributed by atoms with Crippen LogP contribution >= 0.6 is 11.8 Å². The van der Waals surface area contributed by atoms with Gasteiger partial charge in [-0.25, -0.2) is 0 Å². The molecule has 0 aliphatic heterocycles. The third-order valence-electron chi connectivity index (χ3n) is 1.60. The summed E-state index contributed by atoms with van der Waals surface area (Å²) in [5.41, 5.74) is 0. The SMILES string of the molecule is CN[C@H](CCSC)C(=O)OC(C)C. The number of hydrogen-bond donors (Lipinski definition) is 1. The molecule has 4 heteroatoms. The molecule has 0 bridgehead atoms. The molecule has 0 aromatic carbocycles. The number of thioether (sulfide) groups is 1. The van der Waals surface area contributed by atoms with Crippen molar-refractivity contribution in [2.24, 2.45) is 0 Å². The Kier molecular flexibility index (Phi) is 7.09. The van der Waals surface area contributed by atoms with E-state index in [1.807, 2.05) is 20.1 Å². The lowest BCUT2D eigenvalue weighted by atomic mass is 10.2. The summed E-state index contributed by atoms with van der Waals surface area (Å²) in [6, 6.07) is -0.158. The summed E-state index contributed by atoms with van der Waals surface area (Å²) in [5.74, 6) is 0.824. The first-order valence-corrected chi connectivity index (χ1v) is 5.88. The Labute approximate surface area is 84.6 Å². The molecule has 0 amide bonds. The highest BCUT2D eigenvalue weighted by atomic mass is 32.2. The minimum Gasteiger partial charge on any atom is -0.462 e. The van der Waals surface area contributed by atoms with E-state index in [1.165, 1.54) is 0 Å². The lowest BCUT2D eigenvalue weighted by molar-refractivity contribution is -0.149. The van der Waals surface area contributed by atoms with Crippen molar-refractivity contribution < 1.29 is 9.53 Å². The summed E-state index contributed by atoms with van der Waals surface area (Å²) in [7, 11) is 1.78. The van der Waals surface area contributed by atoms with Gasteiger partial charge in [-0.3, -0.25) is 4.79 Å². The molecule has 1 atom stereocenters. The van der Waals surface area contributed by atoms with Crippen LogP contribution in [0.5, 0.6) is 0 Å². The van der Waals surface area contributed by atoms with Crippen molar-refractivity contribution >= 4 is 17.7 Å². The van der Waals surface area contributed by atoms with Gasteiger partial charge in [-0.15, -0.1) is 0 Å². The van der Waals surface area contributed by atoms with Crippen molar-refractivity contribution in [2.45, 2.75) is 32.4 Å². The van der Waals surface area contributed by atoms with Crippen molar-refractivity contribution in [3.8, 4) is 0 Å². The Morgan fingerprint density at radius 1 is 1.54 bits per heavy atom. The number of likely N-dealkylation sites (N-methyl/N-ethyl adjacent to an activating group) is 1. The van der Waals surface area contributed by atoms with Crippen molar-refractivity contribution in [1.82, 2.24) is 5.32 Å². The van der Waals surface area contributed by atoms with Gasteiger partial charge in [0.15, 0.2) is 0 Å². The summed E-state index contributed by atoms with van der Waals surface area (Å²) in [6.07, 6.45) is 2.82. The van der Waals surface area contributed by atoms with Gasteiger partial charge in [0.1, 0.15) is 6.04 Å². The fourth-order valence-corrected chi connectivity index (χ4v) is 1.40. The molecule has 3 nitrogen and oxygen atoms in total. The van der Waals surface area contributed by atoms with Crippen molar-refractivity contribution in [3.05, 3.63) is 0 Å². The highest BCUT2D eigenvalue weighted by Gasteiger charge is 2.17. The Morgan fingerprint density at radius 3 is 2.54 bits per heavy atom. The van der Waals surface area contributed by atoms with Crippen LogP contribution in [-0.2, 0) is 9.53 Å². The highest BCUT2D eigenvalue weighted by Crippen LogP contribution is 2.03. The first kappa shape index (κ1) is 12.8. The molecular weight excluding hydrogens is 186 g/mol. The molecular formula is C9H19NO2S. The van der Waals surface area contributed by atoms with Gasteiger partial charge in [-0.1, -0.05) is 0 Å². The molecule has 1 N–H and O–H groups in total. The first-order valence-electron chi connectivity index (χ1n) is 4.48. The standard InChI is InChI=1S/C9H19NO2S/c1-7(2)12-9(11)8(10-3)5-6-13-4/h7-8,10H,5-6H2,1-4H3/t8-/m1/s1. The van der Waals surface area contributed by atoms with E-state index >= 15 is 0 Å². The van der Waals surface area contributed by atoms with Crippen LogP contribution in [0.3, 0.4) is 0 Å². The molecule has 0 rings (SSSR count). The van der Waals surface area contributed by atoms with E-state index in [4.69, 9.17) is 4.74 Å². The van der Waals surface area contributed by atoms with Gasteiger partial charge in [0.25, 0.3) is 0 Å². The van der Waals surface area contributed by atoms with Crippen LogP contribution in [0, 0.1) is 0 Å². The normalized spacial score (nSPS) is 13.0. The quantitative estimate of drug-likeness (QED) is 0.663. The lowest BCUT2D eigenvalue weighted by Crippen LogP contribution is -2.37. The summed E-state index contributed by atoms with van der Waals surface area (Å²) in [6.45, 7) is 3.72. The second-order valence-electron chi connectivity index (χ2n) is 3.11. The largest absolute Gasteiger partial charge is 0.462 e. The molecule has 0 aromatic heterocycles. The third-order valence-corrected chi connectivity index (χ3v) is 2.24. The van der Waals surface area contributed by atoms with Gasteiger partial charge in [-0.05, 0) is 39.3 Å². The smallest absolute Gasteiger partial charge is 0.323 e. The van der Waals surface area contributed by atoms with E-state index < -0.39 is 0 Å². The van der Waals surface area contributed by atoms with Crippen LogP contribution in [0.1, 0.15) is 20.3 Å². The van der Waals surface area contributed by atoms with Crippen LogP contribution in [0.2, 0.25) is 0 Å². The van der Waals surface area contributed by atoms with Gasteiger partial charge >= 0.3 is 5.97 Å². The number of carbonyl (C=O) groups is 1. The van der Waals surface area contributed by atoms with Gasteiger partial charge in [0, 0.05) is 0 Å². The van der Waals surface area contributed by atoms with E-state index in [0.29, 0.717) is 0 Å². The predicted molar refractivity (Wildman–Crippen MR) is 57.1 cm³/mol. The Hall–Kier alpha value is -0.220. The highest BCUT2D eigenvalue weighted by molar-refractivity contribution is 7.98. The molecule has 0 fully saturated rings. The number of rotatable bonds is 6. The van der Waals surface area contributed by atoms with Gasteiger partial charge in [0.2, 0.25) is 0 Å². The van der Waals surface area contributed by atoms with E-state index in [9.17, 15) is 4.79 Å². The second-order valence-corrected chi connectivity index (χ2v) is 4.09. The minimum absolute atomic E-state index is 0.0300. The molecule has 13 heavy (non-hydrogen) atoms. The molecule has 0 aliphatic carbocycles. The molecule has 0 aromatic rings. The average molecular weight is 205 g/mol. The van der Waals surface area contributed by atoms with E-state index in [2.05, 4.69) is 5.32 Å². The van der Waals surface area contributed by atoms with Crippen molar-refractivity contribution in [1.29, 1.82) is 0 Å². The Morgan fingerprint density at radius 2 is 2.15 bits per heavy atom. The Bertz CT molecular complexity index is 151. The average Bonchev–Trinajstić information content (AvgIpc) is 2.04. The number of carbonyl (C=O) groups excluding carboxylic acids is 1. The van der Waals surface area contributed by atoms with E-state index in [0.717, 1.165) is 12.2 Å². The summed E-state index contributed by atoms with van der Waals surface area (Å²) in [4.78, 5) is 11.4. The molecule has 78 valence electrons. The number of nitrogens with one attached hydrogen (secondary N) is 1. The van der Waals surface area contributed by atoms with Gasteiger partial charge in [-0.2, -0.15) is 11.8 Å². The van der Waals surface area contributed by atoms with Crippen molar-refractivity contribution in [3.63, 3.8) is 0 Å². The third kappa shape index (κ3) is 5.93. The molecule has 0 saturated carbocycles. The maximum atomic E-state index is 11.4. The number of hydrogen-bond acceptors (Lipinski definition) is 4. The zero-order valence-corrected chi connectivity index (χ0v) is 9.61. The fraction of sp³-hybridized carbons (Fsp3) is 0.889. The maximum Gasteiger partial charge on any atom is 0.323 e. The lowest BCUT2D eigenvalue weighted by Gasteiger charge is -2.16.